The number of imidazole rings is 1. The number of hydrogen-bond acceptors (Lipinski definition) is 3. The summed E-state index contributed by atoms with van der Waals surface area (Å²) in [6.45, 7) is 4.36. The van der Waals surface area contributed by atoms with E-state index in [1.807, 2.05) is 23.7 Å². The number of carbonyl (C=O) groups is 1. The van der Waals surface area contributed by atoms with Crippen molar-refractivity contribution in [3.05, 3.63) is 24.2 Å². The molecule has 1 aliphatic carbocycles. The van der Waals surface area contributed by atoms with E-state index in [-0.39, 0.29) is 17.9 Å². The van der Waals surface area contributed by atoms with Gasteiger partial charge in [0.2, 0.25) is 5.91 Å². The van der Waals surface area contributed by atoms with Crippen molar-refractivity contribution in [2.45, 2.75) is 58.4 Å². The topological polar surface area (TPSA) is 59.8 Å². The molecule has 24 heavy (non-hydrogen) atoms. The average Bonchev–Trinajstić information content (AvgIpc) is 2.92. The summed E-state index contributed by atoms with van der Waals surface area (Å²) < 4.78 is 2.02. The summed E-state index contributed by atoms with van der Waals surface area (Å²) in [6, 6.07) is 3.82. The van der Waals surface area contributed by atoms with E-state index in [0.29, 0.717) is 5.92 Å². The lowest BCUT2D eigenvalue weighted by Gasteiger charge is -2.25. The highest BCUT2D eigenvalue weighted by Gasteiger charge is 2.27. The van der Waals surface area contributed by atoms with Crippen LogP contribution in [0.1, 0.15) is 64.2 Å². The van der Waals surface area contributed by atoms with Gasteiger partial charge in [-0.2, -0.15) is 0 Å². The van der Waals surface area contributed by atoms with E-state index in [1.54, 1.807) is 6.20 Å². The maximum absolute atomic E-state index is 12.7. The van der Waals surface area contributed by atoms with Gasteiger partial charge >= 0.3 is 0 Å². The third-order valence-corrected chi connectivity index (χ3v) is 4.97. The molecule has 2 aromatic heterocycles. The van der Waals surface area contributed by atoms with Gasteiger partial charge in [-0.3, -0.25) is 4.79 Å². The van der Waals surface area contributed by atoms with E-state index in [0.717, 1.165) is 36.3 Å². The van der Waals surface area contributed by atoms with Crippen molar-refractivity contribution in [2.24, 2.45) is 18.9 Å². The smallest absolute Gasteiger partial charge is 0.223 e. The van der Waals surface area contributed by atoms with Crippen LogP contribution >= 0.6 is 0 Å². The molecule has 2 aromatic rings. The molecule has 1 fully saturated rings. The summed E-state index contributed by atoms with van der Waals surface area (Å²) in [5.41, 5.74) is 1.75. The monoisotopic (exact) mass is 328 g/mol. The molecular weight excluding hydrogens is 300 g/mol. The van der Waals surface area contributed by atoms with Crippen molar-refractivity contribution in [1.29, 1.82) is 0 Å². The van der Waals surface area contributed by atoms with Crippen molar-refractivity contribution in [2.75, 3.05) is 0 Å². The van der Waals surface area contributed by atoms with Crippen molar-refractivity contribution >= 4 is 17.1 Å². The normalized spacial score (nSPS) is 17.3. The van der Waals surface area contributed by atoms with Crippen LogP contribution in [-0.4, -0.2) is 20.4 Å². The molecule has 3 rings (SSSR count). The number of hydrogen-bond donors (Lipinski definition) is 1. The zero-order valence-electron chi connectivity index (χ0n) is 15.0. The maximum Gasteiger partial charge on any atom is 0.223 e. The number of aromatic nitrogens is 3. The highest BCUT2D eigenvalue weighted by Crippen LogP contribution is 2.27. The Morgan fingerprint density at radius 2 is 2.08 bits per heavy atom. The Hall–Kier alpha value is -1.91. The number of nitrogens with one attached hydrogen (secondary N) is 1. The van der Waals surface area contributed by atoms with Crippen LogP contribution in [0, 0.1) is 11.8 Å². The minimum Gasteiger partial charge on any atom is -0.346 e. The molecule has 1 amide bonds. The van der Waals surface area contributed by atoms with Gasteiger partial charge in [0.25, 0.3) is 0 Å². The van der Waals surface area contributed by atoms with Crippen molar-refractivity contribution in [3.63, 3.8) is 0 Å². The fourth-order valence-electron chi connectivity index (χ4n) is 3.71. The SMILES string of the molecule is CC(C)C[C@@H](NC(=O)C1CCCCC1)c1nc2cccnc2n1C. The first-order valence-electron chi connectivity index (χ1n) is 9.14. The van der Waals surface area contributed by atoms with E-state index in [1.165, 1.54) is 19.3 Å². The molecule has 0 aromatic carbocycles. The lowest BCUT2D eigenvalue weighted by Crippen LogP contribution is -2.36. The van der Waals surface area contributed by atoms with Crippen molar-refractivity contribution in [3.8, 4) is 0 Å². The first kappa shape index (κ1) is 16.9. The number of carbonyl (C=O) groups excluding carboxylic acids is 1. The number of fused-ring (bicyclic) bond motifs is 1. The van der Waals surface area contributed by atoms with E-state index >= 15 is 0 Å². The Kier molecular flexibility index (Phi) is 5.17. The highest BCUT2D eigenvalue weighted by atomic mass is 16.1. The van der Waals surface area contributed by atoms with Gasteiger partial charge < -0.3 is 9.88 Å². The average molecular weight is 328 g/mol. The fourth-order valence-corrected chi connectivity index (χ4v) is 3.71. The predicted octanol–water partition coefficient (Wildman–Crippen LogP) is 3.75. The predicted molar refractivity (Wildman–Crippen MR) is 95.4 cm³/mol. The quantitative estimate of drug-likeness (QED) is 0.909. The summed E-state index contributed by atoms with van der Waals surface area (Å²) in [7, 11) is 1.98. The number of nitrogens with zero attached hydrogens (tertiary/aromatic N) is 3. The molecule has 2 heterocycles. The molecule has 0 saturated heterocycles. The van der Waals surface area contributed by atoms with E-state index in [9.17, 15) is 4.79 Å². The third-order valence-electron chi connectivity index (χ3n) is 4.97. The number of pyridine rings is 1. The molecule has 1 N–H and O–H groups in total. The van der Waals surface area contributed by atoms with E-state index < -0.39 is 0 Å². The van der Waals surface area contributed by atoms with Crippen LogP contribution in [0.2, 0.25) is 0 Å². The van der Waals surface area contributed by atoms with Crippen LogP contribution < -0.4 is 5.32 Å². The molecule has 5 nitrogen and oxygen atoms in total. The second-order valence-corrected chi connectivity index (χ2v) is 7.40. The molecule has 1 aliphatic rings. The Bertz CT molecular complexity index is 700. The van der Waals surface area contributed by atoms with Gasteiger partial charge in [-0.05, 0) is 37.3 Å². The minimum atomic E-state index is -0.0568. The van der Waals surface area contributed by atoms with Crippen molar-refractivity contribution in [1.82, 2.24) is 19.9 Å². The number of aryl methyl sites for hydroxylation is 1. The van der Waals surface area contributed by atoms with Gasteiger partial charge in [-0.1, -0.05) is 33.1 Å². The van der Waals surface area contributed by atoms with Gasteiger partial charge in [-0.15, -0.1) is 0 Å². The van der Waals surface area contributed by atoms with Crippen LogP contribution in [0.25, 0.3) is 11.2 Å². The minimum absolute atomic E-state index is 0.0568. The number of amides is 1. The van der Waals surface area contributed by atoms with Gasteiger partial charge in [0.15, 0.2) is 5.65 Å². The summed E-state index contributed by atoms with van der Waals surface area (Å²) in [5, 5.41) is 3.29. The number of rotatable bonds is 5. The molecular formula is C19H28N4O. The van der Waals surface area contributed by atoms with Gasteiger partial charge in [-0.25, -0.2) is 9.97 Å². The zero-order chi connectivity index (χ0) is 17.1. The first-order valence-corrected chi connectivity index (χ1v) is 9.14. The summed E-state index contributed by atoms with van der Waals surface area (Å²) in [5.74, 6) is 1.75. The van der Waals surface area contributed by atoms with Crippen LogP contribution in [0.4, 0.5) is 0 Å². The Labute approximate surface area is 143 Å². The second-order valence-electron chi connectivity index (χ2n) is 7.40. The van der Waals surface area contributed by atoms with E-state index in [2.05, 4.69) is 24.1 Å². The fraction of sp³-hybridized carbons (Fsp3) is 0.632. The maximum atomic E-state index is 12.7. The van der Waals surface area contributed by atoms with E-state index in [4.69, 9.17) is 4.98 Å². The molecule has 0 bridgehead atoms. The Balaban J connectivity index is 1.84. The van der Waals surface area contributed by atoms with Crippen LogP contribution in [0.3, 0.4) is 0 Å². The standard InChI is InChI=1S/C19H28N4O/c1-13(2)12-16(22-19(24)14-8-5-4-6-9-14)18-21-15-10-7-11-20-17(15)23(18)3/h7,10-11,13-14,16H,4-6,8-9,12H2,1-3H3,(H,22,24)/t16-/m1/s1. The molecule has 1 atom stereocenters. The summed E-state index contributed by atoms with van der Waals surface area (Å²) in [4.78, 5) is 21.9. The lowest BCUT2D eigenvalue weighted by molar-refractivity contribution is -0.126. The van der Waals surface area contributed by atoms with Gasteiger partial charge in [0.05, 0.1) is 6.04 Å². The molecule has 5 heteroatoms. The van der Waals surface area contributed by atoms with Gasteiger partial charge in [0, 0.05) is 19.2 Å². The summed E-state index contributed by atoms with van der Waals surface area (Å²) in [6.07, 6.45) is 8.30. The lowest BCUT2D eigenvalue weighted by atomic mass is 9.88. The highest BCUT2D eigenvalue weighted by molar-refractivity contribution is 5.79. The van der Waals surface area contributed by atoms with Crippen LogP contribution in [-0.2, 0) is 11.8 Å². The molecule has 1 saturated carbocycles. The van der Waals surface area contributed by atoms with Crippen LogP contribution in [0.5, 0.6) is 0 Å². The Morgan fingerprint density at radius 3 is 2.75 bits per heavy atom. The molecule has 0 unspecified atom stereocenters. The Morgan fingerprint density at radius 1 is 1.33 bits per heavy atom. The molecule has 0 radical (unpaired) electrons. The third kappa shape index (κ3) is 3.60. The molecule has 130 valence electrons. The van der Waals surface area contributed by atoms with Gasteiger partial charge in [0.1, 0.15) is 11.3 Å². The summed E-state index contributed by atoms with van der Waals surface area (Å²) >= 11 is 0. The largest absolute Gasteiger partial charge is 0.346 e. The first-order chi connectivity index (χ1) is 11.6. The molecule has 0 spiro atoms. The van der Waals surface area contributed by atoms with Crippen LogP contribution in [0.15, 0.2) is 18.3 Å². The second kappa shape index (κ2) is 7.32. The zero-order valence-corrected chi connectivity index (χ0v) is 15.0. The van der Waals surface area contributed by atoms with Crippen molar-refractivity contribution < 1.29 is 4.79 Å². The molecule has 0 aliphatic heterocycles.